The van der Waals surface area contributed by atoms with Crippen molar-refractivity contribution in [2.75, 3.05) is 26.2 Å². The molecule has 0 heterocycles. The van der Waals surface area contributed by atoms with Crippen LogP contribution in [0.15, 0.2) is 12.2 Å². The Kier molecular flexibility index (Phi) is 19.1. The molecular formula is C29H54NO6+. The summed E-state index contributed by atoms with van der Waals surface area (Å²) in [5, 5.41) is 29.3. The normalized spacial score (nSPS) is 15.9. The maximum absolute atomic E-state index is 11.9. The molecule has 0 bridgehead atoms. The van der Waals surface area contributed by atoms with Gasteiger partial charge in [-0.05, 0) is 51.4 Å². The Morgan fingerprint density at radius 3 is 1.31 bits per heavy atom. The van der Waals surface area contributed by atoms with E-state index in [4.69, 9.17) is 0 Å². The number of hydrogen-bond acceptors (Lipinski definition) is 3. The first-order valence-corrected chi connectivity index (χ1v) is 14.3. The van der Waals surface area contributed by atoms with E-state index in [1.54, 1.807) is 0 Å². The van der Waals surface area contributed by atoms with Gasteiger partial charge < -0.3 is 19.8 Å². The topological polar surface area (TPSA) is 112 Å². The summed E-state index contributed by atoms with van der Waals surface area (Å²) >= 11 is 0. The molecule has 3 N–H and O–H groups in total. The number of carbonyl (C=O) groups is 3. The molecule has 7 nitrogen and oxygen atoms in total. The zero-order valence-electron chi connectivity index (χ0n) is 23.4. The third-order valence-corrected chi connectivity index (χ3v) is 7.47. The number of quaternary nitrogens is 1. The predicted molar refractivity (Wildman–Crippen MR) is 145 cm³/mol. The largest absolute Gasteiger partial charge is 0.481 e. The van der Waals surface area contributed by atoms with Crippen LogP contribution in [-0.2, 0) is 14.4 Å². The highest BCUT2D eigenvalue weighted by atomic mass is 16.4. The van der Waals surface area contributed by atoms with Crippen LogP contribution in [0.4, 0.5) is 0 Å². The summed E-state index contributed by atoms with van der Waals surface area (Å²) < 4.78 is 0.254. The first-order chi connectivity index (χ1) is 17.2. The molecule has 0 radical (unpaired) electrons. The monoisotopic (exact) mass is 512 g/mol. The Morgan fingerprint density at radius 2 is 0.944 bits per heavy atom. The molecule has 0 aliphatic rings. The van der Waals surface area contributed by atoms with Gasteiger partial charge in [0.1, 0.15) is 17.8 Å². The Bertz CT molecular complexity index is 588. The first-order valence-electron chi connectivity index (χ1n) is 14.3. The van der Waals surface area contributed by atoms with Gasteiger partial charge in [-0.3, -0.25) is 14.4 Å². The zero-order valence-corrected chi connectivity index (χ0v) is 23.4. The van der Waals surface area contributed by atoms with Crippen LogP contribution in [0.5, 0.6) is 0 Å². The van der Waals surface area contributed by atoms with Crippen molar-refractivity contribution < 1.29 is 34.2 Å². The Balaban J connectivity index is 5.24. The molecule has 0 fully saturated rings. The summed E-state index contributed by atoms with van der Waals surface area (Å²) in [6.45, 7) is 9.15. The van der Waals surface area contributed by atoms with Gasteiger partial charge >= 0.3 is 17.9 Å². The van der Waals surface area contributed by atoms with Gasteiger partial charge in [0.05, 0.1) is 26.2 Å². The number of carboxylic acids is 3. The molecule has 36 heavy (non-hydrogen) atoms. The van der Waals surface area contributed by atoms with Crippen LogP contribution < -0.4 is 0 Å². The van der Waals surface area contributed by atoms with Crippen LogP contribution >= 0.6 is 0 Å². The lowest BCUT2D eigenvalue weighted by Crippen LogP contribution is -2.58. The fourth-order valence-corrected chi connectivity index (χ4v) is 5.04. The number of unbranched alkanes of at least 4 members (excludes halogenated alkanes) is 8. The Labute approximate surface area is 219 Å². The lowest BCUT2D eigenvalue weighted by atomic mass is 9.95. The molecule has 3 atom stereocenters. The lowest BCUT2D eigenvalue weighted by molar-refractivity contribution is -0.935. The van der Waals surface area contributed by atoms with Crippen LogP contribution in [-0.4, -0.2) is 63.9 Å². The van der Waals surface area contributed by atoms with Crippen LogP contribution in [0, 0.1) is 17.8 Å². The third-order valence-electron chi connectivity index (χ3n) is 7.47. The van der Waals surface area contributed by atoms with Gasteiger partial charge in [0.2, 0.25) is 0 Å². The number of rotatable bonds is 24. The fourth-order valence-electron chi connectivity index (χ4n) is 5.04. The summed E-state index contributed by atoms with van der Waals surface area (Å²) in [5.41, 5.74) is 0. The minimum Gasteiger partial charge on any atom is -0.481 e. The SMILES string of the molecule is CCC/C=C/CCCCCCCCC[N+](CC(CC)C(=O)O)(CC(CC)C(=O)O)CC(CC)C(=O)O. The van der Waals surface area contributed by atoms with Crippen LogP contribution in [0.3, 0.4) is 0 Å². The Morgan fingerprint density at radius 1 is 0.583 bits per heavy atom. The second kappa shape index (κ2) is 20.2. The molecule has 0 amide bonds. The maximum atomic E-state index is 11.9. The van der Waals surface area contributed by atoms with E-state index in [9.17, 15) is 29.7 Å². The summed E-state index contributed by atoms with van der Waals surface area (Å²) in [6, 6.07) is 0. The molecule has 0 aromatic rings. The Hall–Kier alpha value is -1.89. The molecule has 3 unspecified atom stereocenters. The van der Waals surface area contributed by atoms with Crippen molar-refractivity contribution in [1.29, 1.82) is 0 Å². The van der Waals surface area contributed by atoms with Crippen molar-refractivity contribution >= 4 is 17.9 Å². The van der Waals surface area contributed by atoms with Crippen molar-refractivity contribution in [2.45, 2.75) is 111 Å². The molecule has 0 aliphatic carbocycles. The van der Waals surface area contributed by atoms with E-state index >= 15 is 0 Å². The van der Waals surface area contributed by atoms with Crippen molar-refractivity contribution in [1.82, 2.24) is 0 Å². The molecule has 0 aromatic heterocycles. The zero-order chi connectivity index (χ0) is 27.4. The van der Waals surface area contributed by atoms with Crippen molar-refractivity contribution in [3.05, 3.63) is 12.2 Å². The highest BCUT2D eigenvalue weighted by molar-refractivity contribution is 5.71. The average Bonchev–Trinajstić information content (AvgIpc) is 2.84. The number of hydrogen-bond donors (Lipinski definition) is 3. The van der Waals surface area contributed by atoms with Crippen LogP contribution in [0.1, 0.15) is 111 Å². The third kappa shape index (κ3) is 14.6. The van der Waals surface area contributed by atoms with E-state index in [0.717, 1.165) is 38.5 Å². The molecule has 7 heteroatoms. The molecular weight excluding hydrogens is 458 g/mol. The van der Waals surface area contributed by atoms with E-state index in [0.29, 0.717) is 25.8 Å². The van der Waals surface area contributed by atoms with Gasteiger partial charge in [-0.1, -0.05) is 72.0 Å². The first kappa shape index (κ1) is 34.1. The van der Waals surface area contributed by atoms with E-state index in [1.165, 1.54) is 25.7 Å². The lowest BCUT2D eigenvalue weighted by Gasteiger charge is -2.43. The average molecular weight is 513 g/mol. The molecule has 0 aliphatic heterocycles. The van der Waals surface area contributed by atoms with Crippen molar-refractivity contribution in [2.24, 2.45) is 17.8 Å². The second-order valence-corrected chi connectivity index (χ2v) is 10.5. The van der Waals surface area contributed by atoms with Gasteiger partial charge in [0.25, 0.3) is 0 Å². The highest BCUT2D eigenvalue weighted by Gasteiger charge is 2.40. The second-order valence-electron chi connectivity index (χ2n) is 10.5. The molecule has 0 spiro atoms. The van der Waals surface area contributed by atoms with E-state index in [2.05, 4.69) is 19.1 Å². The molecule has 0 saturated carbocycles. The number of aliphatic carboxylic acids is 3. The van der Waals surface area contributed by atoms with Gasteiger partial charge in [-0.15, -0.1) is 0 Å². The highest BCUT2D eigenvalue weighted by Crippen LogP contribution is 2.25. The summed E-state index contributed by atoms with van der Waals surface area (Å²) in [7, 11) is 0. The quantitative estimate of drug-likeness (QED) is 0.0762. The van der Waals surface area contributed by atoms with Gasteiger partial charge in [0, 0.05) is 0 Å². The van der Waals surface area contributed by atoms with Gasteiger partial charge in [-0.25, -0.2) is 0 Å². The molecule has 0 aromatic carbocycles. The number of allylic oxidation sites excluding steroid dienone is 2. The fraction of sp³-hybridized carbons (Fsp3) is 0.828. The minimum atomic E-state index is -0.892. The summed E-state index contributed by atoms with van der Waals surface area (Å²) in [6.07, 6.45) is 17.1. The van der Waals surface area contributed by atoms with Crippen molar-refractivity contribution in [3.8, 4) is 0 Å². The smallest absolute Gasteiger partial charge is 0.312 e. The number of carboxylic acid groups (broad SMARTS) is 3. The summed E-state index contributed by atoms with van der Waals surface area (Å²) in [4.78, 5) is 35.7. The number of nitrogens with zero attached hydrogens (tertiary/aromatic N) is 1. The predicted octanol–water partition coefficient (Wildman–Crippen LogP) is 6.61. The molecule has 0 rings (SSSR count). The van der Waals surface area contributed by atoms with Gasteiger partial charge in [0.15, 0.2) is 0 Å². The minimum absolute atomic E-state index is 0.254. The van der Waals surface area contributed by atoms with Crippen molar-refractivity contribution in [3.63, 3.8) is 0 Å². The van der Waals surface area contributed by atoms with E-state index in [-0.39, 0.29) is 24.1 Å². The van der Waals surface area contributed by atoms with Crippen LogP contribution in [0.25, 0.3) is 0 Å². The molecule has 210 valence electrons. The van der Waals surface area contributed by atoms with E-state index in [1.807, 2.05) is 20.8 Å². The van der Waals surface area contributed by atoms with Gasteiger partial charge in [-0.2, -0.15) is 0 Å². The van der Waals surface area contributed by atoms with E-state index < -0.39 is 35.7 Å². The standard InChI is InChI=1S/C29H53NO6/c1-5-9-10-11-12-13-14-15-16-17-18-19-20-30(21-24(6-2)27(31)32,22-25(7-3)28(33)34)23-26(8-4)29(35)36/h10-11,24-26H,5-9,12-23H2,1-4H3,(H2-,31,32,33,34,35,36)/p+1/b11-10+. The van der Waals surface area contributed by atoms with Crippen LogP contribution in [0.2, 0.25) is 0 Å². The maximum Gasteiger partial charge on any atom is 0.312 e. The molecule has 0 saturated heterocycles. The summed E-state index contributed by atoms with van der Waals surface area (Å²) in [5.74, 6) is -4.53.